The molecule has 2 rings (SSSR count). The molecule has 0 aliphatic carbocycles. The van der Waals surface area contributed by atoms with Gasteiger partial charge in [0.25, 0.3) is 6.43 Å². The lowest BCUT2D eigenvalue weighted by Gasteiger charge is -2.31. The molecule has 1 fully saturated rings. The lowest BCUT2D eigenvalue weighted by atomic mass is 9.77. The van der Waals surface area contributed by atoms with Gasteiger partial charge in [-0.3, -0.25) is 4.79 Å². The monoisotopic (exact) mass is 368 g/mol. The highest BCUT2D eigenvalue weighted by molar-refractivity contribution is 5.81. The van der Waals surface area contributed by atoms with Crippen LogP contribution < -0.4 is 10.5 Å². The van der Waals surface area contributed by atoms with E-state index in [1.54, 1.807) is 0 Å². The van der Waals surface area contributed by atoms with Gasteiger partial charge in [0.1, 0.15) is 11.8 Å². The smallest absolute Gasteiger partial charge is 0.417 e. The van der Waals surface area contributed by atoms with Crippen molar-refractivity contribution in [3.8, 4) is 5.88 Å². The van der Waals surface area contributed by atoms with E-state index in [-0.39, 0.29) is 11.4 Å². The third kappa shape index (κ3) is 3.14. The Morgan fingerprint density at radius 3 is 2.44 bits per heavy atom. The summed E-state index contributed by atoms with van der Waals surface area (Å²) in [5.41, 5.74) is 2.03. The van der Waals surface area contributed by atoms with Gasteiger partial charge in [-0.1, -0.05) is 13.0 Å². The second-order valence-electron chi connectivity index (χ2n) is 6.00. The number of hydrogen-bond donors (Lipinski definition) is 1. The van der Waals surface area contributed by atoms with Crippen molar-refractivity contribution in [2.75, 3.05) is 7.11 Å². The quantitative estimate of drug-likeness (QED) is 0.830. The van der Waals surface area contributed by atoms with E-state index in [0.29, 0.717) is 0 Å². The normalized spacial score (nSPS) is 29.9. The molecule has 0 bridgehead atoms. The first-order valence-corrected chi connectivity index (χ1v) is 7.30. The van der Waals surface area contributed by atoms with Gasteiger partial charge in [0.2, 0.25) is 11.8 Å². The zero-order valence-electron chi connectivity index (χ0n) is 13.6. The van der Waals surface area contributed by atoms with Gasteiger partial charge in [-0.25, -0.2) is 13.8 Å². The molecule has 3 unspecified atom stereocenters. The minimum Gasteiger partial charge on any atom is -0.481 e. The summed E-state index contributed by atoms with van der Waals surface area (Å²) in [7, 11) is 1.14. The van der Waals surface area contributed by atoms with Crippen LogP contribution >= 0.6 is 0 Å². The fraction of sp³-hybridized carbons (Fsp3) is 0.600. The molecular formula is C15H17F5N2O3. The molecule has 1 aliphatic heterocycles. The number of primary amides is 1. The molecule has 25 heavy (non-hydrogen) atoms. The highest BCUT2D eigenvalue weighted by Crippen LogP contribution is 2.54. The van der Waals surface area contributed by atoms with Gasteiger partial charge in [-0.15, -0.1) is 0 Å². The first kappa shape index (κ1) is 19.4. The molecule has 1 saturated heterocycles. The maximum atomic E-state index is 13.5. The first-order valence-electron chi connectivity index (χ1n) is 7.30. The maximum Gasteiger partial charge on any atom is 0.417 e. The number of alkyl halides is 5. The van der Waals surface area contributed by atoms with Crippen LogP contribution in [-0.4, -0.2) is 35.9 Å². The van der Waals surface area contributed by atoms with Crippen LogP contribution in [0.1, 0.15) is 37.4 Å². The Bertz CT molecular complexity index is 667. The molecule has 1 aromatic rings. The van der Waals surface area contributed by atoms with Gasteiger partial charge in [-0.2, -0.15) is 13.2 Å². The van der Waals surface area contributed by atoms with Gasteiger partial charge in [0, 0.05) is 17.4 Å². The van der Waals surface area contributed by atoms with Crippen molar-refractivity contribution in [2.24, 2.45) is 11.7 Å². The molecule has 140 valence electrons. The van der Waals surface area contributed by atoms with Crippen LogP contribution in [0.4, 0.5) is 22.0 Å². The third-order valence-corrected chi connectivity index (χ3v) is 4.64. The van der Waals surface area contributed by atoms with Gasteiger partial charge in [0.15, 0.2) is 5.60 Å². The molecule has 2 N–H and O–H groups in total. The molecule has 0 radical (unpaired) electrons. The number of halogens is 5. The molecule has 0 aromatic carbocycles. The predicted molar refractivity (Wildman–Crippen MR) is 76.2 cm³/mol. The number of methoxy groups -OCH3 is 1. The van der Waals surface area contributed by atoms with Crippen LogP contribution in [0.3, 0.4) is 0 Å². The molecule has 1 aromatic heterocycles. The highest BCUT2D eigenvalue weighted by Gasteiger charge is 2.65. The lowest BCUT2D eigenvalue weighted by molar-refractivity contribution is -0.272. The lowest BCUT2D eigenvalue weighted by Crippen LogP contribution is -2.47. The Morgan fingerprint density at radius 1 is 1.40 bits per heavy atom. The van der Waals surface area contributed by atoms with E-state index >= 15 is 0 Å². The Kier molecular flexibility index (Phi) is 4.95. The van der Waals surface area contributed by atoms with Crippen LogP contribution in [0.5, 0.6) is 5.88 Å². The Morgan fingerprint density at radius 2 is 2.00 bits per heavy atom. The van der Waals surface area contributed by atoms with Crippen molar-refractivity contribution >= 4 is 5.91 Å². The third-order valence-electron chi connectivity index (χ3n) is 4.64. The summed E-state index contributed by atoms with van der Waals surface area (Å²) in [5, 5.41) is 0. The number of carbonyl (C=O) groups excluding carboxylic acids is 1. The molecule has 10 heteroatoms. The average molecular weight is 368 g/mol. The number of carbonyl (C=O) groups is 1. The number of nitrogens with zero attached hydrogens (tertiary/aromatic N) is 1. The Labute approximate surface area is 140 Å². The number of rotatable bonds is 4. The van der Waals surface area contributed by atoms with Crippen LogP contribution in [0.15, 0.2) is 12.1 Å². The summed E-state index contributed by atoms with van der Waals surface area (Å²) in [4.78, 5) is 15.3. The number of pyridine rings is 1. The Hall–Kier alpha value is -1.97. The molecular weight excluding hydrogens is 351 g/mol. The summed E-state index contributed by atoms with van der Waals surface area (Å²) in [6.45, 7) is 2.07. The number of aromatic nitrogens is 1. The van der Waals surface area contributed by atoms with E-state index in [0.717, 1.165) is 26.2 Å². The molecule has 1 amide bonds. The van der Waals surface area contributed by atoms with Crippen LogP contribution in [0.2, 0.25) is 0 Å². The molecule has 5 nitrogen and oxygen atoms in total. The van der Waals surface area contributed by atoms with E-state index < -0.39 is 47.7 Å². The standard InChI is InChI=1S/C15H17F5N2O3/c1-6-9(7-4-5-8(11(16)17)22-13(7)24-3)10(12(21)23)25-14(6,2)15(18,19)20/h4-6,9-11H,1-3H3,(H2,21,23)/t6?,9?,10-,14?/m1/s1. The summed E-state index contributed by atoms with van der Waals surface area (Å²) >= 11 is 0. The summed E-state index contributed by atoms with van der Waals surface area (Å²) in [5.74, 6) is -3.78. The minimum absolute atomic E-state index is 0.0520. The van der Waals surface area contributed by atoms with E-state index in [9.17, 15) is 26.7 Å². The molecule has 4 atom stereocenters. The van der Waals surface area contributed by atoms with Crippen molar-refractivity contribution in [2.45, 2.75) is 44.1 Å². The molecule has 2 heterocycles. The predicted octanol–water partition coefficient (Wildman–Crippen LogP) is 2.95. The second-order valence-corrected chi connectivity index (χ2v) is 6.00. The molecule has 0 saturated carbocycles. The van der Waals surface area contributed by atoms with Gasteiger partial charge in [-0.05, 0) is 13.0 Å². The van der Waals surface area contributed by atoms with Crippen LogP contribution in [-0.2, 0) is 9.53 Å². The highest BCUT2D eigenvalue weighted by atomic mass is 19.4. The van der Waals surface area contributed by atoms with Gasteiger partial charge in [0.05, 0.1) is 7.11 Å². The Balaban J connectivity index is 2.57. The topological polar surface area (TPSA) is 74.4 Å². The first-order chi connectivity index (χ1) is 11.4. The molecule has 1 aliphatic rings. The zero-order valence-corrected chi connectivity index (χ0v) is 13.6. The van der Waals surface area contributed by atoms with Crippen molar-refractivity contribution in [3.05, 3.63) is 23.4 Å². The molecule has 0 spiro atoms. The number of hydrogen-bond acceptors (Lipinski definition) is 4. The van der Waals surface area contributed by atoms with E-state index in [1.807, 2.05) is 0 Å². The largest absolute Gasteiger partial charge is 0.481 e. The van der Waals surface area contributed by atoms with Crippen molar-refractivity contribution in [1.82, 2.24) is 4.98 Å². The van der Waals surface area contributed by atoms with Crippen molar-refractivity contribution in [1.29, 1.82) is 0 Å². The van der Waals surface area contributed by atoms with Gasteiger partial charge >= 0.3 is 6.18 Å². The minimum atomic E-state index is -4.77. The number of amides is 1. The number of nitrogens with two attached hydrogens (primary N) is 1. The average Bonchev–Trinajstić information content (AvgIpc) is 2.79. The van der Waals surface area contributed by atoms with E-state index in [2.05, 4.69) is 4.98 Å². The van der Waals surface area contributed by atoms with Gasteiger partial charge < -0.3 is 15.2 Å². The fourth-order valence-corrected chi connectivity index (χ4v) is 3.05. The number of ether oxygens (including phenoxy) is 2. The SMILES string of the molecule is COc1nc(C(F)F)ccc1C1C(C)C(C)(C(F)(F)F)O[C@H]1C(N)=O. The summed E-state index contributed by atoms with van der Waals surface area (Å²) < 4.78 is 75.9. The van der Waals surface area contributed by atoms with Crippen LogP contribution in [0.25, 0.3) is 0 Å². The zero-order chi connectivity index (χ0) is 19.2. The van der Waals surface area contributed by atoms with E-state index in [1.165, 1.54) is 6.92 Å². The fourth-order valence-electron chi connectivity index (χ4n) is 3.05. The van der Waals surface area contributed by atoms with Crippen molar-refractivity contribution < 1.29 is 36.2 Å². The summed E-state index contributed by atoms with van der Waals surface area (Å²) in [6.07, 6.45) is -9.25. The summed E-state index contributed by atoms with van der Waals surface area (Å²) in [6, 6.07) is 2.13. The maximum absolute atomic E-state index is 13.5. The van der Waals surface area contributed by atoms with Crippen molar-refractivity contribution in [3.63, 3.8) is 0 Å². The van der Waals surface area contributed by atoms with E-state index in [4.69, 9.17) is 15.2 Å². The van der Waals surface area contributed by atoms with Crippen LogP contribution in [0, 0.1) is 5.92 Å². The second kappa shape index (κ2) is 6.40.